The van der Waals surface area contributed by atoms with E-state index in [0.29, 0.717) is 11.6 Å². The molecular weight excluding hydrogens is 814 g/mol. The Bertz CT molecular complexity index is 2450. The van der Waals surface area contributed by atoms with Crippen LogP contribution in [-0.4, -0.2) is 89.7 Å². The van der Waals surface area contributed by atoms with Crippen molar-refractivity contribution in [2.24, 2.45) is 16.7 Å². The van der Waals surface area contributed by atoms with Crippen molar-refractivity contribution in [3.05, 3.63) is 94.0 Å². The Kier molecular flexibility index (Phi) is 11.4. The number of anilines is 1. The maximum atomic E-state index is 13.6. The normalized spacial score (nSPS) is 23.8. The first-order valence-electron chi connectivity index (χ1n) is 21.4. The molecule has 0 bridgehead atoms. The molecule has 2 N–H and O–H groups in total. The molecule has 1 atom stereocenters. The van der Waals surface area contributed by atoms with Crippen LogP contribution in [0.5, 0.6) is 5.75 Å². The summed E-state index contributed by atoms with van der Waals surface area (Å²) in [5.41, 5.74) is -0.0650. The third-order valence-corrected chi connectivity index (χ3v) is 13.7. The van der Waals surface area contributed by atoms with Gasteiger partial charge in [-0.2, -0.15) is 18.4 Å². The van der Waals surface area contributed by atoms with E-state index < -0.39 is 63.9 Å². The van der Waals surface area contributed by atoms with Gasteiger partial charge in [-0.05, 0) is 106 Å². The smallest absolute Gasteiger partial charge is 0.417 e. The Labute approximate surface area is 364 Å². The van der Waals surface area contributed by atoms with Crippen LogP contribution < -0.4 is 20.3 Å². The standard InChI is InChI=1S/C48H49F3N6O6/c1-46(2)44(47(3,4)45(46)63-34-13-11-31(27-52)37(26-34)48(49,50)51)54-40(59)30-9-7-28(8-10-30)5-6-29-17-21-55(22-18-29)32-19-23-56(24-20-32)33-12-14-35-36(25-33)43(62)57(42(35)61)38-15-16-39(58)53-41(38)60/h7-14,25-26,29,32,38,44-45H,15-24H2,1-4H3,(H,54,59)(H,53,58,60). The SMILES string of the molecule is CC1(C)C(NC(=O)c2ccc(C#CC3CCN(C4CCN(c5ccc6c(c5)C(=O)N(C5CCC(=O)NC5=O)C6=O)CC4)CC3)cc2)C(C)(C)C1Oc1ccc(C#N)c(C(F)(F)F)c1. The van der Waals surface area contributed by atoms with Gasteiger partial charge in [0, 0.05) is 65.2 Å². The van der Waals surface area contributed by atoms with Crippen molar-refractivity contribution in [1.29, 1.82) is 5.26 Å². The number of amides is 5. The van der Waals surface area contributed by atoms with E-state index in [4.69, 9.17) is 10.00 Å². The third kappa shape index (κ3) is 8.27. The minimum absolute atomic E-state index is 0.00980. The highest BCUT2D eigenvalue weighted by molar-refractivity contribution is 6.23. The summed E-state index contributed by atoms with van der Waals surface area (Å²) in [6, 6.07) is 16.4. The maximum Gasteiger partial charge on any atom is 0.417 e. The van der Waals surface area contributed by atoms with E-state index in [1.165, 1.54) is 6.07 Å². The number of alkyl halides is 3. The molecule has 1 aliphatic carbocycles. The highest BCUT2D eigenvalue weighted by Gasteiger charge is 2.64. The highest BCUT2D eigenvalue weighted by atomic mass is 19.4. The number of nitriles is 1. The summed E-state index contributed by atoms with van der Waals surface area (Å²) in [6.45, 7) is 11.1. The zero-order valence-corrected chi connectivity index (χ0v) is 35.6. The second-order valence-corrected chi connectivity index (χ2v) is 18.4. The fourth-order valence-corrected chi connectivity index (χ4v) is 10.5. The van der Waals surface area contributed by atoms with Gasteiger partial charge in [0.25, 0.3) is 17.7 Å². The lowest BCUT2D eigenvalue weighted by atomic mass is 9.49. The molecule has 0 spiro atoms. The summed E-state index contributed by atoms with van der Waals surface area (Å²) in [5, 5.41) is 14.5. The van der Waals surface area contributed by atoms with Crippen LogP contribution in [0.15, 0.2) is 60.7 Å². The lowest BCUT2D eigenvalue weighted by molar-refractivity contribution is -0.164. The molecule has 0 aromatic heterocycles. The van der Waals surface area contributed by atoms with Crippen molar-refractivity contribution >= 4 is 35.2 Å². The number of nitrogens with one attached hydrogen (secondary N) is 2. The predicted octanol–water partition coefficient (Wildman–Crippen LogP) is 6.32. The molecule has 8 rings (SSSR count). The molecule has 4 heterocycles. The molecule has 3 saturated heterocycles. The number of piperidine rings is 3. The van der Waals surface area contributed by atoms with E-state index in [1.807, 2.05) is 45.9 Å². The van der Waals surface area contributed by atoms with Gasteiger partial charge in [-0.3, -0.25) is 34.2 Å². The molecule has 0 radical (unpaired) electrons. The average molecular weight is 863 g/mol. The number of rotatable bonds is 7. The Morgan fingerprint density at radius 1 is 0.841 bits per heavy atom. The van der Waals surface area contributed by atoms with Crippen LogP contribution >= 0.6 is 0 Å². The number of ether oxygens (including phenoxy) is 1. The predicted molar refractivity (Wildman–Crippen MR) is 225 cm³/mol. The van der Waals surface area contributed by atoms with E-state index in [2.05, 4.69) is 32.3 Å². The Morgan fingerprint density at radius 2 is 1.51 bits per heavy atom. The molecule has 4 fully saturated rings. The van der Waals surface area contributed by atoms with E-state index >= 15 is 0 Å². The number of likely N-dealkylation sites (tertiary alicyclic amines) is 1. The average Bonchev–Trinajstić information content (AvgIpc) is 3.51. The number of halogens is 3. The second kappa shape index (κ2) is 16.5. The lowest BCUT2D eigenvalue weighted by Gasteiger charge is -2.63. The summed E-state index contributed by atoms with van der Waals surface area (Å²) < 4.78 is 46.9. The number of fused-ring (bicyclic) bond motifs is 1. The van der Waals surface area contributed by atoms with E-state index in [0.717, 1.165) is 80.1 Å². The number of carbonyl (C=O) groups excluding carboxylic acids is 5. The van der Waals surface area contributed by atoms with Gasteiger partial charge in [0.15, 0.2) is 0 Å². The van der Waals surface area contributed by atoms with Crippen LogP contribution in [0.1, 0.15) is 114 Å². The van der Waals surface area contributed by atoms with Gasteiger partial charge in [0.1, 0.15) is 17.9 Å². The fourth-order valence-electron chi connectivity index (χ4n) is 10.5. The van der Waals surface area contributed by atoms with E-state index in [9.17, 15) is 37.1 Å². The molecule has 1 unspecified atom stereocenters. The van der Waals surface area contributed by atoms with Crippen molar-refractivity contribution in [3.63, 3.8) is 0 Å². The summed E-state index contributed by atoms with van der Waals surface area (Å²) in [7, 11) is 0. The third-order valence-electron chi connectivity index (χ3n) is 13.7. The van der Waals surface area contributed by atoms with Gasteiger partial charge in [-0.1, -0.05) is 39.5 Å². The van der Waals surface area contributed by atoms with Crippen molar-refractivity contribution in [2.75, 3.05) is 31.1 Å². The molecule has 3 aromatic carbocycles. The van der Waals surface area contributed by atoms with Crippen LogP contribution in [0.4, 0.5) is 18.9 Å². The molecule has 5 aliphatic rings. The molecular formula is C48H49F3N6O6. The van der Waals surface area contributed by atoms with Crippen LogP contribution in [0.3, 0.4) is 0 Å². The molecule has 63 heavy (non-hydrogen) atoms. The molecule has 12 nitrogen and oxygen atoms in total. The summed E-state index contributed by atoms with van der Waals surface area (Å²) in [5.74, 6) is 4.67. The fraction of sp³-hybridized carbons (Fsp3) is 0.458. The lowest BCUT2D eigenvalue weighted by Crippen LogP contribution is -2.74. The van der Waals surface area contributed by atoms with Gasteiger partial charge in [-0.25, -0.2) is 0 Å². The van der Waals surface area contributed by atoms with Gasteiger partial charge < -0.3 is 19.9 Å². The number of hydrogen-bond acceptors (Lipinski definition) is 9. The van der Waals surface area contributed by atoms with Crippen LogP contribution in [-0.2, 0) is 15.8 Å². The van der Waals surface area contributed by atoms with E-state index in [1.54, 1.807) is 30.3 Å². The molecule has 1 saturated carbocycles. The minimum Gasteiger partial charge on any atom is -0.489 e. The quantitative estimate of drug-likeness (QED) is 0.205. The number of nitrogens with zero attached hydrogens (tertiary/aromatic N) is 4. The van der Waals surface area contributed by atoms with Crippen LogP contribution in [0.25, 0.3) is 0 Å². The zero-order valence-electron chi connectivity index (χ0n) is 35.6. The monoisotopic (exact) mass is 862 g/mol. The second-order valence-electron chi connectivity index (χ2n) is 18.4. The minimum atomic E-state index is -4.70. The van der Waals surface area contributed by atoms with Gasteiger partial charge in [0.05, 0.1) is 28.3 Å². The van der Waals surface area contributed by atoms with Crippen molar-refractivity contribution in [1.82, 2.24) is 20.4 Å². The summed E-state index contributed by atoms with van der Waals surface area (Å²) >= 11 is 0. The zero-order chi connectivity index (χ0) is 45.0. The summed E-state index contributed by atoms with van der Waals surface area (Å²) in [4.78, 5) is 69.7. The Balaban J connectivity index is 0.798. The first-order chi connectivity index (χ1) is 29.9. The van der Waals surface area contributed by atoms with Gasteiger partial charge in [0.2, 0.25) is 11.8 Å². The maximum absolute atomic E-state index is 13.6. The topological polar surface area (TPSA) is 152 Å². The van der Waals surface area contributed by atoms with Crippen molar-refractivity contribution < 1.29 is 41.9 Å². The molecule has 4 aliphatic heterocycles. The summed E-state index contributed by atoms with van der Waals surface area (Å²) in [6.07, 6.45) is -1.22. The van der Waals surface area contributed by atoms with Crippen molar-refractivity contribution in [3.8, 4) is 23.7 Å². The van der Waals surface area contributed by atoms with E-state index in [-0.39, 0.29) is 47.6 Å². The number of hydrogen-bond donors (Lipinski definition) is 2. The van der Waals surface area contributed by atoms with Crippen LogP contribution in [0.2, 0.25) is 0 Å². The molecule has 328 valence electrons. The molecule has 5 amide bonds. The number of imide groups is 2. The van der Waals surface area contributed by atoms with Crippen LogP contribution in [0, 0.1) is 39.9 Å². The van der Waals surface area contributed by atoms with Crippen molar-refractivity contribution in [2.45, 2.75) is 96.6 Å². The van der Waals surface area contributed by atoms with Gasteiger partial charge in [-0.15, -0.1) is 0 Å². The Morgan fingerprint density at radius 3 is 2.14 bits per heavy atom. The first kappa shape index (κ1) is 43.5. The largest absolute Gasteiger partial charge is 0.489 e. The first-order valence-corrected chi connectivity index (χ1v) is 21.4. The highest BCUT2D eigenvalue weighted by Crippen LogP contribution is 2.56. The molecule has 3 aromatic rings. The number of benzene rings is 3. The molecule has 15 heteroatoms. The van der Waals surface area contributed by atoms with Gasteiger partial charge >= 0.3 is 6.18 Å². The number of carbonyl (C=O) groups is 5. The Hall–Kier alpha value is -6.19.